The molecular formula is C23H17F4N3O4. The maximum atomic E-state index is 13.8. The van der Waals surface area contributed by atoms with Gasteiger partial charge in [0, 0.05) is 34.9 Å². The SMILES string of the molecule is CCN(C(=O)/C(C#N)=C/c1cn(CC(=O)O)c2ccc(F)cc12)c1ccc(OC(F)(F)F)cc1. The normalized spacial score (nSPS) is 11.8. The highest BCUT2D eigenvalue weighted by atomic mass is 19.4. The van der Waals surface area contributed by atoms with Crippen molar-refractivity contribution < 1.29 is 37.0 Å². The molecule has 0 aliphatic rings. The van der Waals surface area contributed by atoms with Crippen LogP contribution in [0.3, 0.4) is 0 Å². The molecule has 3 rings (SSSR count). The average Bonchev–Trinajstić information content (AvgIpc) is 3.08. The molecule has 34 heavy (non-hydrogen) atoms. The number of benzene rings is 2. The number of aliphatic carboxylic acids is 1. The van der Waals surface area contributed by atoms with Crippen molar-refractivity contribution in [3.05, 3.63) is 65.6 Å². The van der Waals surface area contributed by atoms with Crippen LogP contribution >= 0.6 is 0 Å². The van der Waals surface area contributed by atoms with Gasteiger partial charge in [-0.25, -0.2) is 4.39 Å². The number of halogens is 4. The maximum absolute atomic E-state index is 13.8. The predicted molar refractivity (Wildman–Crippen MR) is 114 cm³/mol. The number of aromatic nitrogens is 1. The highest BCUT2D eigenvalue weighted by Gasteiger charge is 2.31. The van der Waals surface area contributed by atoms with Gasteiger partial charge in [0.2, 0.25) is 0 Å². The largest absolute Gasteiger partial charge is 0.573 e. The number of nitrogens with zero attached hydrogens (tertiary/aromatic N) is 3. The minimum Gasteiger partial charge on any atom is -0.480 e. The number of fused-ring (bicyclic) bond motifs is 1. The topological polar surface area (TPSA) is 95.6 Å². The first kappa shape index (κ1) is 24.3. The zero-order valence-electron chi connectivity index (χ0n) is 17.6. The Morgan fingerprint density at radius 2 is 1.88 bits per heavy atom. The zero-order chi connectivity index (χ0) is 25.0. The molecule has 1 heterocycles. The van der Waals surface area contributed by atoms with E-state index in [-0.39, 0.29) is 23.4 Å². The van der Waals surface area contributed by atoms with Crippen molar-refractivity contribution in [2.24, 2.45) is 0 Å². The van der Waals surface area contributed by atoms with Gasteiger partial charge in [0.1, 0.15) is 29.8 Å². The van der Waals surface area contributed by atoms with Gasteiger partial charge in [0.25, 0.3) is 5.91 Å². The Morgan fingerprint density at radius 3 is 2.44 bits per heavy atom. The minimum atomic E-state index is -4.86. The maximum Gasteiger partial charge on any atom is 0.573 e. The smallest absolute Gasteiger partial charge is 0.480 e. The van der Waals surface area contributed by atoms with Crippen molar-refractivity contribution in [3.8, 4) is 11.8 Å². The van der Waals surface area contributed by atoms with Gasteiger partial charge in [0.05, 0.1) is 0 Å². The summed E-state index contributed by atoms with van der Waals surface area (Å²) in [5, 5.41) is 19.0. The molecule has 2 aromatic carbocycles. The second kappa shape index (κ2) is 9.66. The van der Waals surface area contributed by atoms with E-state index in [0.717, 1.165) is 24.3 Å². The Bertz CT molecular complexity index is 1300. The van der Waals surface area contributed by atoms with Gasteiger partial charge in [-0.2, -0.15) is 5.26 Å². The standard InChI is InChI=1S/C23H17F4N3O4/c1-2-30(17-4-6-18(7-5-17)34-23(25,26)27)22(33)14(11-28)9-15-12-29(13-21(31)32)20-8-3-16(24)10-19(15)20/h3-10,12H,2,13H2,1H3,(H,31,32)/b14-9+. The molecule has 1 aromatic heterocycles. The molecule has 11 heteroatoms. The van der Waals surface area contributed by atoms with Gasteiger partial charge in [0.15, 0.2) is 0 Å². The number of hydrogen-bond acceptors (Lipinski definition) is 4. The molecule has 3 aromatic rings. The van der Waals surface area contributed by atoms with Gasteiger partial charge < -0.3 is 19.3 Å². The molecule has 176 valence electrons. The number of nitriles is 1. The number of likely N-dealkylation sites (N-methyl/N-ethyl adjacent to an activating group) is 1. The third-order valence-electron chi connectivity index (χ3n) is 4.77. The first-order chi connectivity index (χ1) is 16.0. The first-order valence-corrected chi connectivity index (χ1v) is 9.82. The predicted octanol–water partition coefficient (Wildman–Crippen LogP) is 4.72. The minimum absolute atomic E-state index is 0.0900. The molecule has 0 aliphatic heterocycles. The quantitative estimate of drug-likeness (QED) is 0.303. The number of ether oxygens (including phenoxy) is 1. The number of carboxylic acids is 1. The van der Waals surface area contributed by atoms with Crippen molar-refractivity contribution in [1.82, 2.24) is 4.57 Å². The molecule has 0 unspecified atom stereocenters. The zero-order valence-corrected chi connectivity index (χ0v) is 17.6. The van der Waals surface area contributed by atoms with E-state index in [9.17, 15) is 32.4 Å². The Hall–Kier alpha value is -4.33. The summed E-state index contributed by atoms with van der Waals surface area (Å²) >= 11 is 0. The van der Waals surface area contributed by atoms with Crippen LogP contribution in [-0.4, -0.2) is 34.5 Å². The number of amides is 1. The summed E-state index contributed by atoms with van der Waals surface area (Å²) in [6.07, 6.45) is -2.26. The molecule has 0 saturated carbocycles. The van der Waals surface area contributed by atoms with E-state index in [1.807, 2.05) is 0 Å². The van der Waals surface area contributed by atoms with E-state index in [1.165, 1.54) is 39.9 Å². The average molecular weight is 475 g/mol. The Kier molecular flexibility index (Phi) is 6.91. The fourth-order valence-corrected chi connectivity index (χ4v) is 3.40. The molecule has 0 atom stereocenters. The van der Waals surface area contributed by atoms with Crippen LogP contribution in [0.5, 0.6) is 5.75 Å². The third kappa shape index (κ3) is 5.53. The number of alkyl halides is 3. The van der Waals surface area contributed by atoms with Crippen LogP contribution in [0.25, 0.3) is 17.0 Å². The molecule has 0 radical (unpaired) electrons. The van der Waals surface area contributed by atoms with Crippen LogP contribution in [0, 0.1) is 17.1 Å². The number of rotatable bonds is 7. The summed E-state index contributed by atoms with van der Waals surface area (Å²) in [6, 6.07) is 10.1. The Morgan fingerprint density at radius 1 is 1.21 bits per heavy atom. The van der Waals surface area contributed by atoms with Crippen LogP contribution < -0.4 is 9.64 Å². The lowest BCUT2D eigenvalue weighted by molar-refractivity contribution is -0.274. The van der Waals surface area contributed by atoms with Gasteiger partial charge in [-0.15, -0.1) is 13.2 Å². The number of anilines is 1. The van der Waals surface area contributed by atoms with E-state index in [2.05, 4.69) is 4.74 Å². The van der Waals surface area contributed by atoms with Gasteiger partial charge in [-0.3, -0.25) is 9.59 Å². The number of hydrogen-bond donors (Lipinski definition) is 1. The summed E-state index contributed by atoms with van der Waals surface area (Å²) in [5.41, 5.74) is 0.539. The summed E-state index contributed by atoms with van der Waals surface area (Å²) in [5.74, 6) is -2.94. The van der Waals surface area contributed by atoms with Gasteiger partial charge in [-0.05, 0) is 55.5 Å². The fourth-order valence-electron chi connectivity index (χ4n) is 3.40. The summed E-state index contributed by atoms with van der Waals surface area (Å²) < 4.78 is 56.1. The van der Waals surface area contributed by atoms with Crippen LogP contribution in [0.2, 0.25) is 0 Å². The van der Waals surface area contributed by atoms with E-state index in [1.54, 1.807) is 13.0 Å². The summed E-state index contributed by atoms with van der Waals surface area (Å²) in [7, 11) is 0. The van der Waals surface area contributed by atoms with Crippen molar-refractivity contribution >= 4 is 34.5 Å². The van der Waals surface area contributed by atoms with Crippen LogP contribution in [0.4, 0.5) is 23.2 Å². The molecule has 0 bridgehead atoms. The molecule has 0 aliphatic carbocycles. The Labute approximate surface area is 190 Å². The van der Waals surface area contributed by atoms with E-state index in [0.29, 0.717) is 10.9 Å². The molecule has 1 amide bonds. The molecular weight excluding hydrogens is 458 g/mol. The summed E-state index contributed by atoms with van der Waals surface area (Å²) in [4.78, 5) is 25.4. The van der Waals surface area contributed by atoms with Gasteiger partial charge >= 0.3 is 12.3 Å². The van der Waals surface area contributed by atoms with Crippen molar-refractivity contribution in [2.45, 2.75) is 19.8 Å². The lowest BCUT2D eigenvalue weighted by atomic mass is 10.1. The van der Waals surface area contributed by atoms with Crippen molar-refractivity contribution in [3.63, 3.8) is 0 Å². The fraction of sp³-hybridized carbons (Fsp3) is 0.174. The number of carbonyl (C=O) groups is 2. The second-order valence-electron chi connectivity index (χ2n) is 7.03. The summed E-state index contributed by atoms with van der Waals surface area (Å²) in [6.45, 7) is 1.28. The third-order valence-corrected chi connectivity index (χ3v) is 4.77. The lowest BCUT2D eigenvalue weighted by Crippen LogP contribution is -2.31. The van der Waals surface area contributed by atoms with E-state index < -0.39 is 36.4 Å². The second-order valence-corrected chi connectivity index (χ2v) is 7.03. The monoisotopic (exact) mass is 475 g/mol. The first-order valence-electron chi connectivity index (χ1n) is 9.82. The van der Waals surface area contributed by atoms with Crippen LogP contribution in [0.1, 0.15) is 12.5 Å². The molecule has 1 N–H and O–H groups in total. The van der Waals surface area contributed by atoms with Crippen LogP contribution in [0.15, 0.2) is 54.2 Å². The van der Waals surface area contributed by atoms with E-state index >= 15 is 0 Å². The molecule has 7 nitrogen and oxygen atoms in total. The van der Waals surface area contributed by atoms with Crippen molar-refractivity contribution in [2.75, 3.05) is 11.4 Å². The number of carboxylic acid groups (broad SMARTS) is 1. The van der Waals surface area contributed by atoms with Crippen LogP contribution in [-0.2, 0) is 16.1 Å². The molecule has 0 saturated heterocycles. The van der Waals surface area contributed by atoms with E-state index in [4.69, 9.17) is 5.11 Å². The Balaban J connectivity index is 1.98. The van der Waals surface area contributed by atoms with Crippen molar-refractivity contribution in [1.29, 1.82) is 5.26 Å². The highest BCUT2D eigenvalue weighted by molar-refractivity contribution is 6.12. The molecule has 0 fully saturated rings. The van der Waals surface area contributed by atoms with Gasteiger partial charge in [-0.1, -0.05) is 0 Å². The molecule has 0 spiro atoms. The highest BCUT2D eigenvalue weighted by Crippen LogP contribution is 2.28. The lowest BCUT2D eigenvalue weighted by Gasteiger charge is -2.21. The number of carbonyl (C=O) groups excluding carboxylic acids is 1.